The topological polar surface area (TPSA) is 61.1 Å². The summed E-state index contributed by atoms with van der Waals surface area (Å²) in [7, 11) is 0. The van der Waals surface area contributed by atoms with Gasteiger partial charge in [-0.05, 0) is 17.8 Å². The van der Waals surface area contributed by atoms with E-state index in [1.54, 1.807) is 0 Å². The van der Waals surface area contributed by atoms with Gasteiger partial charge < -0.3 is 5.11 Å². The van der Waals surface area contributed by atoms with E-state index in [-0.39, 0.29) is 17.3 Å². The van der Waals surface area contributed by atoms with Crippen LogP contribution in [0.25, 0.3) is 0 Å². The summed E-state index contributed by atoms with van der Waals surface area (Å²) in [6.07, 6.45) is 2.50. The van der Waals surface area contributed by atoms with Crippen LogP contribution in [-0.4, -0.2) is 11.1 Å². The highest BCUT2D eigenvalue weighted by Crippen LogP contribution is 2.42. The normalized spacial score (nSPS) is 26.9. The monoisotopic (exact) mass is 193 g/mol. The Balaban J connectivity index is 2.71. The Hall–Kier alpha value is -1.30. The number of nitriles is 1. The maximum Gasteiger partial charge on any atom is 0.307 e. The van der Waals surface area contributed by atoms with Gasteiger partial charge >= 0.3 is 5.97 Å². The van der Waals surface area contributed by atoms with Gasteiger partial charge in [-0.3, -0.25) is 4.79 Å². The third kappa shape index (κ3) is 2.35. The SMILES string of the molecule is CC(C)(C)/C(C#N)=C/C1CC1C(=O)O. The largest absolute Gasteiger partial charge is 0.481 e. The summed E-state index contributed by atoms with van der Waals surface area (Å²) in [6.45, 7) is 5.88. The quantitative estimate of drug-likeness (QED) is 0.684. The molecule has 3 heteroatoms. The van der Waals surface area contributed by atoms with E-state index in [1.165, 1.54) is 0 Å². The van der Waals surface area contributed by atoms with Gasteiger partial charge in [0.15, 0.2) is 0 Å². The fourth-order valence-electron chi connectivity index (χ4n) is 1.35. The first-order chi connectivity index (χ1) is 6.36. The number of aliphatic carboxylic acids is 1. The smallest absolute Gasteiger partial charge is 0.307 e. The van der Waals surface area contributed by atoms with E-state index >= 15 is 0 Å². The number of hydrogen-bond donors (Lipinski definition) is 1. The molecular weight excluding hydrogens is 178 g/mol. The lowest BCUT2D eigenvalue weighted by Crippen LogP contribution is -2.08. The summed E-state index contributed by atoms with van der Waals surface area (Å²) in [4.78, 5) is 10.6. The highest BCUT2D eigenvalue weighted by molar-refractivity contribution is 5.74. The van der Waals surface area contributed by atoms with Gasteiger partial charge in [-0.15, -0.1) is 0 Å². The Labute approximate surface area is 84.0 Å². The summed E-state index contributed by atoms with van der Waals surface area (Å²) >= 11 is 0. The zero-order valence-corrected chi connectivity index (χ0v) is 8.74. The van der Waals surface area contributed by atoms with Gasteiger partial charge in [-0.1, -0.05) is 26.8 Å². The Morgan fingerprint density at radius 2 is 2.14 bits per heavy atom. The molecular formula is C11H15NO2. The molecule has 76 valence electrons. The van der Waals surface area contributed by atoms with Crippen LogP contribution in [0, 0.1) is 28.6 Å². The number of allylic oxidation sites excluding steroid dienone is 2. The molecule has 0 radical (unpaired) electrons. The minimum atomic E-state index is -0.752. The first kappa shape index (κ1) is 10.8. The summed E-state index contributed by atoms with van der Waals surface area (Å²) in [5.74, 6) is -0.945. The molecule has 0 aromatic rings. The van der Waals surface area contributed by atoms with Gasteiger partial charge in [0.2, 0.25) is 0 Å². The van der Waals surface area contributed by atoms with Crippen molar-refractivity contribution in [2.24, 2.45) is 17.3 Å². The van der Waals surface area contributed by atoms with Crippen LogP contribution in [0.5, 0.6) is 0 Å². The van der Waals surface area contributed by atoms with Crippen LogP contribution in [0.2, 0.25) is 0 Å². The molecule has 0 bridgehead atoms. The number of hydrogen-bond acceptors (Lipinski definition) is 2. The highest BCUT2D eigenvalue weighted by Gasteiger charge is 2.42. The van der Waals surface area contributed by atoms with Crippen LogP contribution in [0.1, 0.15) is 27.2 Å². The molecule has 0 heterocycles. The molecule has 0 spiro atoms. The van der Waals surface area contributed by atoms with Crippen molar-refractivity contribution in [3.63, 3.8) is 0 Å². The van der Waals surface area contributed by atoms with Crippen molar-refractivity contribution >= 4 is 5.97 Å². The van der Waals surface area contributed by atoms with Crippen molar-refractivity contribution in [2.45, 2.75) is 27.2 Å². The maximum atomic E-state index is 10.6. The second-order valence-electron chi connectivity index (χ2n) is 4.79. The van der Waals surface area contributed by atoms with Crippen molar-refractivity contribution in [2.75, 3.05) is 0 Å². The zero-order valence-electron chi connectivity index (χ0n) is 8.74. The van der Waals surface area contributed by atoms with Crippen molar-refractivity contribution in [1.29, 1.82) is 5.26 Å². The van der Waals surface area contributed by atoms with Crippen molar-refractivity contribution in [3.8, 4) is 6.07 Å². The molecule has 1 N–H and O–H groups in total. The average Bonchev–Trinajstić information content (AvgIpc) is 2.76. The van der Waals surface area contributed by atoms with Gasteiger partial charge in [0.1, 0.15) is 0 Å². The highest BCUT2D eigenvalue weighted by atomic mass is 16.4. The lowest BCUT2D eigenvalue weighted by atomic mass is 9.86. The van der Waals surface area contributed by atoms with Crippen molar-refractivity contribution in [1.82, 2.24) is 0 Å². The van der Waals surface area contributed by atoms with E-state index in [1.807, 2.05) is 26.8 Å². The standard InChI is InChI=1S/C11H15NO2/c1-11(2,3)8(6-12)4-7-5-9(7)10(13)14/h4,7,9H,5H2,1-3H3,(H,13,14)/b8-4+. The molecule has 1 saturated carbocycles. The van der Waals surface area contributed by atoms with Gasteiger partial charge in [0.25, 0.3) is 0 Å². The Morgan fingerprint density at radius 1 is 1.57 bits per heavy atom. The number of rotatable bonds is 2. The van der Waals surface area contributed by atoms with Crippen molar-refractivity contribution in [3.05, 3.63) is 11.6 Å². The van der Waals surface area contributed by atoms with Crippen molar-refractivity contribution < 1.29 is 9.90 Å². The maximum absolute atomic E-state index is 10.6. The summed E-state index contributed by atoms with van der Waals surface area (Å²) in [5.41, 5.74) is 0.506. The number of carbonyl (C=O) groups is 1. The second-order valence-corrected chi connectivity index (χ2v) is 4.79. The van der Waals surface area contributed by atoms with Gasteiger partial charge in [-0.2, -0.15) is 5.26 Å². The van der Waals surface area contributed by atoms with E-state index in [0.29, 0.717) is 12.0 Å². The first-order valence-electron chi connectivity index (χ1n) is 4.71. The van der Waals surface area contributed by atoms with Crippen LogP contribution in [0.4, 0.5) is 0 Å². The number of nitrogens with zero attached hydrogens (tertiary/aromatic N) is 1. The van der Waals surface area contributed by atoms with E-state index < -0.39 is 5.97 Å². The fraction of sp³-hybridized carbons (Fsp3) is 0.636. The Bertz CT molecular complexity index is 317. The third-order valence-electron chi connectivity index (χ3n) is 2.47. The van der Waals surface area contributed by atoms with E-state index in [9.17, 15) is 4.79 Å². The second kappa shape index (κ2) is 3.45. The molecule has 1 rings (SSSR count). The van der Waals surface area contributed by atoms with Gasteiger partial charge in [0, 0.05) is 5.57 Å². The first-order valence-corrected chi connectivity index (χ1v) is 4.71. The number of carboxylic acid groups (broad SMARTS) is 1. The number of carboxylic acids is 1. The molecule has 14 heavy (non-hydrogen) atoms. The average molecular weight is 193 g/mol. The molecule has 0 aliphatic heterocycles. The molecule has 2 unspecified atom stereocenters. The third-order valence-corrected chi connectivity index (χ3v) is 2.47. The zero-order chi connectivity index (χ0) is 10.9. The minimum Gasteiger partial charge on any atom is -0.481 e. The van der Waals surface area contributed by atoms with Gasteiger partial charge in [-0.25, -0.2) is 0 Å². The van der Waals surface area contributed by atoms with Crippen LogP contribution >= 0.6 is 0 Å². The lowest BCUT2D eigenvalue weighted by molar-refractivity contribution is -0.138. The predicted octanol–water partition coefficient (Wildman–Crippen LogP) is 2.20. The van der Waals surface area contributed by atoms with E-state index in [0.717, 1.165) is 0 Å². The molecule has 1 aliphatic rings. The molecule has 0 aromatic carbocycles. The Kier molecular flexibility index (Phi) is 2.66. The van der Waals surface area contributed by atoms with Gasteiger partial charge in [0.05, 0.1) is 12.0 Å². The molecule has 0 amide bonds. The van der Waals surface area contributed by atoms with Crippen LogP contribution < -0.4 is 0 Å². The van der Waals surface area contributed by atoms with Crippen LogP contribution in [0.3, 0.4) is 0 Å². The summed E-state index contributed by atoms with van der Waals surface area (Å²) in [5, 5.41) is 17.6. The molecule has 3 nitrogen and oxygen atoms in total. The Morgan fingerprint density at radius 3 is 2.43 bits per heavy atom. The van der Waals surface area contributed by atoms with Crippen LogP contribution in [-0.2, 0) is 4.79 Å². The van der Waals surface area contributed by atoms with E-state index in [4.69, 9.17) is 10.4 Å². The van der Waals surface area contributed by atoms with E-state index in [2.05, 4.69) is 6.07 Å². The minimum absolute atomic E-state index is 0.0707. The fourth-order valence-corrected chi connectivity index (χ4v) is 1.35. The predicted molar refractivity (Wildman–Crippen MR) is 52.4 cm³/mol. The molecule has 0 aromatic heterocycles. The molecule has 2 atom stereocenters. The molecule has 1 aliphatic carbocycles. The molecule has 0 saturated heterocycles. The summed E-state index contributed by atoms with van der Waals surface area (Å²) in [6, 6.07) is 2.14. The van der Waals surface area contributed by atoms with Crippen LogP contribution in [0.15, 0.2) is 11.6 Å². The lowest BCUT2D eigenvalue weighted by Gasteiger charge is -2.16. The summed E-state index contributed by atoms with van der Waals surface area (Å²) < 4.78 is 0. The molecule has 1 fully saturated rings.